The molecule has 2 N–H and O–H groups in total. The molecule has 9 heteroatoms. The zero-order chi connectivity index (χ0) is 17.8. The van der Waals surface area contributed by atoms with Gasteiger partial charge >= 0.3 is 0 Å². The maximum absolute atomic E-state index is 12.4. The van der Waals surface area contributed by atoms with E-state index in [9.17, 15) is 9.59 Å². The molecule has 9 nitrogen and oxygen atoms in total. The van der Waals surface area contributed by atoms with E-state index in [1.165, 1.54) is 17.1 Å². The Labute approximate surface area is 143 Å². The van der Waals surface area contributed by atoms with Crippen LogP contribution in [0.25, 0.3) is 0 Å². The molecule has 3 heterocycles. The molecule has 0 aliphatic rings. The van der Waals surface area contributed by atoms with E-state index in [2.05, 4.69) is 20.8 Å². The van der Waals surface area contributed by atoms with E-state index in [1.54, 1.807) is 36.1 Å². The van der Waals surface area contributed by atoms with Crippen molar-refractivity contribution in [2.45, 2.75) is 20.0 Å². The van der Waals surface area contributed by atoms with Crippen LogP contribution in [0.3, 0.4) is 0 Å². The van der Waals surface area contributed by atoms with Gasteiger partial charge in [0.1, 0.15) is 11.5 Å². The van der Waals surface area contributed by atoms with Crippen LogP contribution in [0.2, 0.25) is 0 Å². The van der Waals surface area contributed by atoms with Crippen molar-refractivity contribution in [1.82, 2.24) is 24.9 Å². The zero-order valence-corrected chi connectivity index (χ0v) is 13.9. The summed E-state index contributed by atoms with van der Waals surface area (Å²) in [5, 5.41) is 13.6. The fourth-order valence-electron chi connectivity index (χ4n) is 2.29. The number of aromatic nitrogens is 4. The smallest absolute Gasteiger partial charge is 0.274 e. The van der Waals surface area contributed by atoms with Crippen molar-refractivity contribution >= 4 is 17.5 Å². The van der Waals surface area contributed by atoms with Crippen LogP contribution in [0.15, 0.2) is 41.3 Å². The number of amides is 2. The molecule has 0 saturated heterocycles. The van der Waals surface area contributed by atoms with Crippen molar-refractivity contribution in [3.05, 3.63) is 54.0 Å². The lowest BCUT2D eigenvalue weighted by molar-refractivity contribution is 0.0943. The minimum Gasteiger partial charge on any atom is -0.467 e. The number of nitrogens with one attached hydrogen (secondary N) is 2. The van der Waals surface area contributed by atoms with E-state index in [0.29, 0.717) is 23.7 Å². The Kier molecular flexibility index (Phi) is 4.64. The molecular weight excluding hydrogens is 324 g/mol. The van der Waals surface area contributed by atoms with Crippen LogP contribution in [0.1, 0.15) is 33.7 Å². The van der Waals surface area contributed by atoms with Crippen LogP contribution in [-0.2, 0) is 20.1 Å². The highest BCUT2D eigenvalue weighted by Crippen LogP contribution is 2.15. The van der Waals surface area contributed by atoms with Gasteiger partial charge in [-0.25, -0.2) is 0 Å². The summed E-state index contributed by atoms with van der Waals surface area (Å²) in [4.78, 5) is 24.8. The molecule has 25 heavy (non-hydrogen) atoms. The fourth-order valence-corrected chi connectivity index (χ4v) is 2.29. The van der Waals surface area contributed by atoms with Crippen molar-refractivity contribution in [1.29, 1.82) is 0 Å². The number of hydrogen-bond donors (Lipinski definition) is 2. The van der Waals surface area contributed by atoms with Gasteiger partial charge in [-0.05, 0) is 25.1 Å². The van der Waals surface area contributed by atoms with Crippen molar-refractivity contribution in [2.24, 2.45) is 7.05 Å². The van der Waals surface area contributed by atoms with Gasteiger partial charge in [-0.1, -0.05) is 0 Å². The predicted molar refractivity (Wildman–Crippen MR) is 88.9 cm³/mol. The van der Waals surface area contributed by atoms with Gasteiger partial charge in [-0.3, -0.25) is 19.0 Å². The Morgan fingerprint density at radius 1 is 1.28 bits per heavy atom. The third-order valence-electron chi connectivity index (χ3n) is 3.61. The number of aryl methyl sites for hydroxylation is 2. The Morgan fingerprint density at radius 3 is 2.76 bits per heavy atom. The number of nitrogens with zero attached hydrogens (tertiary/aromatic N) is 4. The maximum atomic E-state index is 12.4. The number of carbonyl (C=O) groups excluding carboxylic acids is 2. The van der Waals surface area contributed by atoms with E-state index in [4.69, 9.17) is 4.42 Å². The minimum absolute atomic E-state index is 0.143. The molecule has 0 atom stereocenters. The number of carbonyl (C=O) groups is 2. The van der Waals surface area contributed by atoms with Crippen LogP contribution in [-0.4, -0.2) is 31.4 Å². The Bertz CT molecular complexity index is 878. The standard InChI is InChI=1S/C16H18N6O3/c1-3-22-10-12(19-15(23)13-6-7-18-21(13)2)14(20-22)16(24)17-9-11-5-4-8-25-11/h4-8,10H,3,9H2,1-2H3,(H,17,24)(H,19,23). The molecule has 0 unspecified atom stereocenters. The molecule has 0 fully saturated rings. The van der Waals surface area contributed by atoms with Crippen LogP contribution < -0.4 is 10.6 Å². The summed E-state index contributed by atoms with van der Waals surface area (Å²) >= 11 is 0. The summed E-state index contributed by atoms with van der Waals surface area (Å²) in [7, 11) is 1.67. The summed E-state index contributed by atoms with van der Waals surface area (Å²) in [6, 6.07) is 5.10. The average molecular weight is 342 g/mol. The first-order valence-electron chi connectivity index (χ1n) is 7.76. The summed E-state index contributed by atoms with van der Waals surface area (Å²) < 4.78 is 8.22. The molecule has 2 amide bonds. The normalized spacial score (nSPS) is 10.6. The largest absolute Gasteiger partial charge is 0.467 e. The third-order valence-corrected chi connectivity index (χ3v) is 3.61. The first kappa shape index (κ1) is 16.5. The molecule has 0 aliphatic heterocycles. The van der Waals surface area contributed by atoms with Crippen LogP contribution in [0.4, 0.5) is 5.69 Å². The lowest BCUT2D eigenvalue weighted by Gasteiger charge is -2.06. The van der Waals surface area contributed by atoms with Gasteiger partial charge in [0, 0.05) is 26.0 Å². The zero-order valence-electron chi connectivity index (χ0n) is 13.9. The monoisotopic (exact) mass is 342 g/mol. The lowest BCUT2D eigenvalue weighted by Crippen LogP contribution is -2.25. The molecule has 0 saturated carbocycles. The second kappa shape index (κ2) is 7.04. The SMILES string of the molecule is CCn1cc(NC(=O)c2ccnn2C)c(C(=O)NCc2ccco2)n1. The number of hydrogen-bond acceptors (Lipinski definition) is 5. The number of furan rings is 1. The molecule has 0 radical (unpaired) electrons. The van der Waals surface area contributed by atoms with Gasteiger partial charge in [0.2, 0.25) is 0 Å². The van der Waals surface area contributed by atoms with Gasteiger partial charge in [0.15, 0.2) is 5.69 Å². The fraction of sp³-hybridized carbons (Fsp3) is 0.250. The second-order valence-electron chi connectivity index (χ2n) is 5.30. The third kappa shape index (κ3) is 3.60. The highest BCUT2D eigenvalue weighted by Gasteiger charge is 2.20. The van der Waals surface area contributed by atoms with Crippen LogP contribution in [0.5, 0.6) is 0 Å². The second-order valence-corrected chi connectivity index (χ2v) is 5.30. The maximum Gasteiger partial charge on any atom is 0.274 e. The summed E-state index contributed by atoms with van der Waals surface area (Å²) in [5.74, 6) is -0.136. The summed E-state index contributed by atoms with van der Waals surface area (Å²) in [5.41, 5.74) is 0.861. The minimum atomic E-state index is -0.399. The first-order chi connectivity index (χ1) is 12.1. The molecule has 0 aliphatic carbocycles. The van der Waals surface area contributed by atoms with Gasteiger partial charge in [0.05, 0.1) is 18.5 Å². The first-order valence-corrected chi connectivity index (χ1v) is 7.76. The van der Waals surface area contributed by atoms with Crippen LogP contribution in [0, 0.1) is 0 Å². The topological polar surface area (TPSA) is 107 Å². The Balaban J connectivity index is 1.77. The van der Waals surface area contributed by atoms with Crippen LogP contribution >= 0.6 is 0 Å². The van der Waals surface area contributed by atoms with E-state index in [-0.39, 0.29) is 18.1 Å². The molecular formula is C16H18N6O3. The van der Waals surface area contributed by atoms with Crippen molar-refractivity contribution in [3.8, 4) is 0 Å². The van der Waals surface area contributed by atoms with Crippen molar-refractivity contribution < 1.29 is 14.0 Å². The molecule has 0 aromatic carbocycles. The van der Waals surface area contributed by atoms with E-state index in [1.807, 2.05) is 6.92 Å². The van der Waals surface area contributed by atoms with E-state index < -0.39 is 5.91 Å². The molecule has 0 spiro atoms. The number of rotatable bonds is 6. The molecule has 3 rings (SSSR count). The summed E-state index contributed by atoms with van der Waals surface area (Å²) in [6.07, 6.45) is 4.68. The van der Waals surface area contributed by atoms with Gasteiger partial charge in [-0.15, -0.1) is 0 Å². The Hall–Kier alpha value is -3.36. The van der Waals surface area contributed by atoms with Crippen molar-refractivity contribution in [3.63, 3.8) is 0 Å². The van der Waals surface area contributed by atoms with Gasteiger partial charge in [0.25, 0.3) is 11.8 Å². The average Bonchev–Trinajstić information content (AvgIpc) is 3.33. The molecule has 3 aromatic heterocycles. The molecule has 3 aromatic rings. The highest BCUT2D eigenvalue weighted by molar-refractivity contribution is 6.07. The molecule has 0 bridgehead atoms. The van der Waals surface area contributed by atoms with Gasteiger partial charge < -0.3 is 15.1 Å². The highest BCUT2D eigenvalue weighted by atomic mass is 16.3. The lowest BCUT2D eigenvalue weighted by atomic mass is 10.3. The van der Waals surface area contributed by atoms with Crippen molar-refractivity contribution in [2.75, 3.05) is 5.32 Å². The van der Waals surface area contributed by atoms with E-state index in [0.717, 1.165) is 0 Å². The summed E-state index contributed by atoms with van der Waals surface area (Å²) in [6.45, 7) is 2.70. The van der Waals surface area contributed by atoms with Gasteiger partial charge in [-0.2, -0.15) is 10.2 Å². The van der Waals surface area contributed by atoms with E-state index >= 15 is 0 Å². The Morgan fingerprint density at radius 2 is 2.12 bits per heavy atom. The quantitative estimate of drug-likeness (QED) is 0.704. The number of anilines is 1. The molecule has 130 valence electrons. The predicted octanol–water partition coefficient (Wildman–Crippen LogP) is 1.41.